The van der Waals surface area contributed by atoms with Crippen LogP contribution in [0, 0.1) is 3.95 Å². The van der Waals surface area contributed by atoms with Crippen LogP contribution in [0.25, 0.3) is 0 Å². The van der Waals surface area contributed by atoms with Crippen molar-refractivity contribution in [3.05, 3.63) is 38.1 Å². The highest BCUT2D eigenvalue weighted by Gasteiger charge is 2.18. The molecule has 0 atom stereocenters. The van der Waals surface area contributed by atoms with E-state index in [0.717, 1.165) is 26.1 Å². The van der Waals surface area contributed by atoms with E-state index in [4.69, 9.17) is 29.6 Å². The lowest BCUT2D eigenvalue weighted by molar-refractivity contribution is 0.103. The molecule has 0 unspecified atom stereocenters. The highest BCUT2D eigenvalue weighted by Crippen LogP contribution is 2.26. The summed E-state index contributed by atoms with van der Waals surface area (Å²) >= 11 is 12.7. The van der Waals surface area contributed by atoms with E-state index in [1.54, 1.807) is 12.1 Å². The Hall–Kier alpha value is -1.41. The normalized spacial score (nSPS) is 11.0. The van der Waals surface area contributed by atoms with E-state index in [1.807, 2.05) is 16.7 Å². The molecule has 0 bridgehead atoms. The van der Waals surface area contributed by atoms with Gasteiger partial charge < -0.3 is 20.5 Å². The van der Waals surface area contributed by atoms with Gasteiger partial charge in [-0.15, -0.1) is 0 Å². The molecule has 1 heterocycles. The van der Waals surface area contributed by atoms with Crippen molar-refractivity contribution in [2.45, 2.75) is 26.8 Å². The maximum atomic E-state index is 12.5. The Morgan fingerprint density at radius 1 is 1.36 bits per heavy atom. The van der Waals surface area contributed by atoms with Crippen LogP contribution in [0.3, 0.4) is 0 Å². The Bertz CT molecular complexity index is 783. The van der Waals surface area contributed by atoms with Gasteiger partial charge in [0.25, 0.3) is 5.91 Å². The van der Waals surface area contributed by atoms with Crippen molar-refractivity contribution in [1.29, 1.82) is 0 Å². The summed E-state index contributed by atoms with van der Waals surface area (Å²) in [7, 11) is 0. The number of anilines is 2. The molecule has 1 aromatic heterocycles. The number of nitrogens with two attached hydrogens (primary N) is 1. The van der Waals surface area contributed by atoms with Crippen LogP contribution < -0.4 is 11.1 Å². The summed E-state index contributed by atoms with van der Waals surface area (Å²) in [4.78, 5) is 15.3. The summed E-state index contributed by atoms with van der Waals surface area (Å²) in [6.07, 6.45) is 0.933. The lowest BCUT2D eigenvalue weighted by Gasteiger charge is -2.18. The minimum absolute atomic E-state index is 0.288. The van der Waals surface area contributed by atoms with Gasteiger partial charge in [0, 0.05) is 6.54 Å². The third kappa shape index (κ3) is 5.04. The molecule has 0 aliphatic carbocycles. The molecule has 0 fully saturated rings. The van der Waals surface area contributed by atoms with E-state index in [1.165, 1.54) is 11.3 Å². The van der Waals surface area contributed by atoms with Crippen LogP contribution in [-0.2, 0) is 6.54 Å². The molecule has 8 heteroatoms. The number of nitrogens with one attached hydrogen (secondary N) is 1. The summed E-state index contributed by atoms with van der Waals surface area (Å²) in [5, 5.41) is 3.28. The Balaban J connectivity index is 2.09. The number of benzene rings is 1. The molecule has 0 saturated heterocycles. The fourth-order valence-corrected chi connectivity index (χ4v) is 3.98. The molecule has 0 aliphatic rings. The molecule has 0 aliphatic heterocycles. The number of carbonyl (C=O) groups excluding carboxylic acids is 1. The maximum absolute atomic E-state index is 12.5. The highest BCUT2D eigenvalue weighted by atomic mass is 35.5. The average molecular weight is 399 g/mol. The van der Waals surface area contributed by atoms with Crippen molar-refractivity contribution >= 4 is 52.6 Å². The number of nitrogen functional groups attached to an aromatic ring is 1. The van der Waals surface area contributed by atoms with Crippen molar-refractivity contribution in [3.63, 3.8) is 0 Å². The maximum Gasteiger partial charge on any atom is 0.269 e. The van der Waals surface area contributed by atoms with Gasteiger partial charge in [-0.2, -0.15) is 0 Å². The fourth-order valence-electron chi connectivity index (χ4n) is 2.52. The smallest absolute Gasteiger partial charge is 0.269 e. The predicted molar refractivity (Wildman–Crippen MR) is 109 cm³/mol. The summed E-state index contributed by atoms with van der Waals surface area (Å²) < 4.78 is 2.45. The average Bonchev–Trinajstić information content (AvgIpc) is 2.88. The molecule has 2 rings (SSSR count). The quantitative estimate of drug-likeness (QED) is 0.642. The fraction of sp³-hybridized carbons (Fsp3) is 0.412. The van der Waals surface area contributed by atoms with Crippen molar-refractivity contribution in [2.75, 3.05) is 30.7 Å². The minimum Gasteiger partial charge on any atom is -0.384 e. The number of rotatable bonds is 8. The second-order valence-electron chi connectivity index (χ2n) is 5.55. The van der Waals surface area contributed by atoms with Crippen LogP contribution in [0.15, 0.2) is 24.3 Å². The molecule has 2 aromatic rings. The molecule has 5 nitrogen and oxygen atoms in total. The second-order valence-corrected chi connectivity index (χ2v) is 7.60. The van der Waals surface area contributed by atoms with Crippen LogP contribution in [0.5, 0.6) is 0 Å². The number of para-hydroxylation sites is 1. The van der Waals surface area contributed by atoms with Gasteiger partial charge in [0.05, 0.1) is 10.7 Å². The van der Waals surface area contributed by atoms with E-state index in [2.05, 4.69) is 24.1 Å². The molecule has 0 spiro atoms. The van der Waals surface area contributed by atoms with Crippen LogP contribution >= 0.6 is 35.2 Å². The lowest BCUT2D eigenvalue weighted by atomic mass is 10.3. The number of carbonyl (C=O) groups is 1. The van der Waals surface area contributed by atoms with Gasteiger partial charge in [-0.25, -0.2) is 0 Å². The number of thiazole rings is 1. The molecule has 1 aromatic carbocycles. The minimum atomic E-state index is -0.288. The van der Waals surface area contributed by atoms with E-state index in [0.29, 0.717) is 31.9 Å². The Labute approximate surface area is 162 Å². The molecule has 1 amide bonds. The predicted octanol–water partition coefficient (Wildman–Crippen LogP) is 4.50. The number of hydrogen-bond donors (Lipinski definition) is 2. The first-order valence-corrected chi connectivity index (χ1v) is 9.85. The van der Waals surface area contributed by atoms with Gasteiger partial charge in [-0.3, -0.25) is 4.79 Å². The van der Waals surface area contributed by atoms with Gasteiger partial charge >= 0.3 is 0 Å². The number of nitrogens with zero attached hydrogens (tertiary/aromatic N) is 2. The van der Waals surface area contributed by atoms with Crippen molar-refractivity contribution in [2.24, 2.45) is 0 Å². The lowest BCUT2D eigenvalue weighted by Crippen LogP contribution is -2.25. The van der Waals surface area contributed by atoms with E-state index in [-0.39, 0.29) is 5.91 Å². The Morgan fingerprint density at radius 3 is 2.68 bits per heavy atom. The van der Waals surface area contributed by atoms with Gasteiger partial charge in [0.1, 0.15) is 10.7 Å². The zero-order chi connectivity index (χ0) is 18.4. The highest BCUT2D eigenvalue weighted by molar-refractivity contribution is 7.73. The van der Waals surface area contributed by atoms with Crippen LogP contribution in [-0.4, -0.2) is 35.0 Å². The molecule has 136 valence electrons. The summed E-state index contributed by atoms with van der Waals surface area (Å²) in [6, 6.07) is 7.09. The third-order valence-electron chi connectivity index (χ3n) is 4.01. The summed E-state index contributed by atoms with van der Waals surface area (Å²) in [6.45, 7) is 8.01. The standard InChI is InChI=1S/C17H23ClN4OS2/c1-3-21(4-2)10-7-11-22-15(19)14(25-17(22)24)16(23)20-13-9-6-5-8-12(13)18/h5-6,8-9H,3-4,7,10-11,19H2,1-2H3,(H,20,23). The Kier molecular flexibility index (Phi) is 7.43. The van der Waals surface area contributed by atoms with E-state index < -0.39 is 0 Å². The number of aromatic nitrogens is 1. The van der Waals surface area contributed by atoms with Crippen LogP contribution in [0.2, 0.25) is 5.02 Å². The molecule has 3 N–H and O–H groups in total. The number of hydrogen-bond acceptors (Lipinski definition) is 5. The largest absolute Gasteiger partial charge is 0.384 e. The monoisotopic (exact) mass is 398 g/mol. The first-order valence-electron chi connectivity index (χ1n) is 8.25. The summed E-state index contributed by atoms with van der Waals surface area (Å²) in [5.74, 6) is 0.128. The molecule has 0 radical (unpaired) electrons. The SMILES string of the molecule is CCN(CC)CCCn1c(N)c(C(=O)Nc2ccccc2Cl)sc1=S. The van der Waals surface area contributed by atoms with E-state index in [9.17, 15) is 4.79 Å². The molecular formula is C17H23ClN4OS2. The zero-order valence-electron chi connectivity index (χ0n) is 14.4. The van der Waals surface area contributed by atoms with Crippen LogP contribution in [0.1, 0.15) is 29.9 Å². The van der Waals surface area contributed by atoms with Crippen molar-refractivity contribution < 1.29 is 4.79 Å². The molecule has 25 heavy (non-hydrogen) atoms. The van der Waals surface area contributed by atoms with Gasteiger partial charge in [-0.1, -0.05) is 48.9 Å². The van der Waals surface area contributed by atoms with Crippen molar-refractivity contribution in [3.8, 4) is 0 Å². The first kappa shape index (κ1) is 19.9. The van der Waals surface area contributed by atoms with E-state index >= 15 is 0 Å². The zero-order valence-corrected chi connectivity index (χ0v) is 16.8. The summed E-state index contributed by atoms with van der Waals surface area (Å²) in [5.41, 5.74) is 6.73. The molecular weight excluding hydrogens is 376 g/mol. The first-order chi connectivity index (χ1) is 12.0. The third-order valence-corrected chi connectivity index (χ3v) is 5.81. The topological polar surface area (TPSA) is 63.3 Å². The second kappa shape index (κ2) is 9.33. The van der Waals surface area contributed by atoms with Crippen LogP contribution in [0.4, 0.5) is 11.5 Å². The molecule has 0 saturated carbocycles. The number of amides is 1. The Morgan fingerprint density at radius 2 is 2.04 bits per heavy atom. The van der Waals surface area contributed by atoms with Gasteiger partial charge in [0.2, 0.25) is 0 Å². The van der Waals surface area contributed by atoms with Gasteiger partial charge in [-0.05, 0) is 50.4 Å². The van der Waals surface area contributed by atoms with Gasteiger partial charge in [0.15, 0.2) is 3.95 Å². The number of halogens is 1. The van der Waals surface area contributed by atoms with Crippen molar-refractivity contribution in [1.82, 2.24) is 9.47 Å².